The van der Waals surface area contributed by atoms with E-state index in [1.807, 2.05) is 0 Å². The molecule has 0 bridgehead atoms. The first-order valence-corrected chi connectivity index (χ1v) is 10.5. The van der Waals surface area contributed by atoms with Crippen molar-refractivity contribution in [3.8, 4) is 0 Å². The van der Waals surface area contributed by atoms with E-state index in [1.54, 1.807) is 5.38 Å². The summed E-state index contributed by atoms with van der Waals surface area (Å²) in [5, 5.41) is 16.4. The van der Waals surface area contributed by atoms with Crippen molar-refractivity contribution in [1.29, 1.82) is 0 Å². The molecule has 2 amide bonds. The lowest BCUT2D eigenvalue weighted by atomic mass is 10.0. The van der Waals surface area contributed by atoms with Gasteiger partial charge in [0.2, 0.25) is 12.2 Å². The third-order valence-electron chi connectivity index (χ3n) is 4.24. The summed E-state index contributed by atoms with van der Waals surface area (Å²) in [5.41, 5.74) is 5.37. The number of aromatic nitrogens is 1. The number of carbonyl (C=O) groups excluding carboxylic acids is 3. The lowest BCUT2D eigenvalue weighted by molar-refractivity contribution is -0.165. The minimum absolute atomic E-state index is 0.130. The zero-order chi connectivity index (χ0) is 22.0. The van der Waals surface area contributed by atoms with Crippen molar-refractivity contribution in [2.75, 3.05) is 30.5 Å². The molecule has 162 valence electrons. The molecule has 2 aliphatic heterocycles. The molecule has 2 aliphatic rings. The maximum Gasteiger partial charge on any atom is 0.352 e. The third kappa shape index (κ3) is 4.34. The van der Waals surface area contributed by atoms with Gasteiger partial charge in [0.1, 0.15) is 22.9 Å². The predicted molar refractivity (Wildman–Crippen MR) is 107 cm³/mol. The fourth-order valence-corrected chi connectivity index (χ4v) is 4.88. The standard InChI is InChI=1S/C16H19N5O7S2/c1-6(22)28-15(27-2)7-4-29-13-10(12(24)21(13)11(7)14(25)26)20-9(23)3-18-8-5-30-16(17)19-8/h5,10,13,15,18H,3-4H2,1-2H3,(H2,17,19)(H,20,23)(H,25,26)/t10-,13+,15?/m0/s1. The van der Waals surface area contributed by atoms with Gasteiger partial charge in [-0.1, -0.05) is 0 Å². The van der Waals surface area contributed by atoms with Crippen LogP contribution < -0.4 is 16.4 Å². The molecule has 14 heteroatoms. The van der Waals surface area contributed by atoms with E-state index in [-0.39, 0.29) is 23.6 Å². The average Bonchev–Trinajstić information content (AvgIpc) is 3.12. The fraction of sp³-hybridized carbons (Fsp3) is 0.438. The van der Waals surface area contributed by atoms with Crippen LogP contribution in [0.25, 0.3) is 0 Å². The van der Waals surface area contributed by atoms with Crippen LogP contribution in [0.15, 0.2) is 16.7 Å². The average molecular weight is 457 g/mol. The van der Waals surface area contributed by atoms with Gasteiger partial charge >= 0.3 is 11.9 Å². The van der Waals surface area contributed by atoms with E-state index >= 15 is 0 Å². The Kier molecular flexibility index (Phi) is 6.48. The summed E-state index contributed by atoms with van der Waals surface area (Å²) in [6.45, 7) is 1.04. The zero-order valence-electron chi connectivity index (χ0n) is 15.9. The molecule has 0 spiro atoms. The first-order valence-electron chi connectivity index (χ1n) is 8.58. The normalized spacial score (nSPS) is 21.4. The van der Waals surface area contributed by atoms with Gasteiger partial charge in [0, 0.05) is 30.7 Å². The first-order chi connectivity index (χ1) is 14.2. The number of nitrogens with zero attached hydrogens (tertiary/aromatic N) is 2. The van der Waals surface area contributed by atoms with Crippen LogP contribution in [0.3, 0.4) is 0 Å². The highest BCUT2D eigenvalue weighted by Gasteiger charge is 2.55. The second kappa shape index (κ2) is 8.89. The number of methoxy groups -OCH3 is 1. The maximum absolute atomic E-state index is 12.6. The van der Waals surface area contributed by atoms with Crippen LogP contribution >= 0.6 is 23.1 Å². The summed E-state index contributed by atoms with van der Waals surface area (Å²) in [6, 6.07) is -0.879. The number of β-lactam (4-membered cyclic amide) rings is 1. The SMILES string of the molecule is COC(OC(C)=O)C1=C(C(=O)O)N2C(=O)[C@H](NC(=O)CNc3csc(N)n3)[C@H]2SC1. The zero-order valence-corrected chi connectivity index (χ0v) is 17.5. The Hall–Kier alpha value is -2.84. The Morgan fingerprint density at radius 1 is 1.47 bits per heavy atom. The Bertz CT molecular complexity index is 918. The summed E-state index contributed by atoms with van der Waals surface area (Å²) in [6.07, 6.45) is -1.22. The van der Waals surface area contributed by atoms with Crippen LogP contribution in [0.4, 0.5) is 10.9 Å². The van der Waals surface area contributed by atoms with E-state index in [4.69, 9.17) is 15.2 Å². The van der Waals surface area contributed by atoms with Crippen molar-refractivity contribution in [1.82, 2.24) is 15.2 Å². The Balaban J connectivity index is 1.68. The Morgan fingerprint density at radius 3 is 2.77 bits per heavy atom. The number of rotatable bonds is 8. The van der Waals surface area contributed by atoms with Crippen molar-refractivity contribution in [2.45, 2.75) is 24.6 Å². The smallest absolute Gasteiger partial charge is 0.352 e. The molecule has 0 aromatic carbocycles. The number of anilines is 2. The van der Waals surface area contributed by atoms with E-state index in [0.717, 1.165) is 4.90 Å². The van der Waals surface area contributed by atoms with Gasteiger partial charge in [-0.15, -0.1) is 23.1 Å². The number of thioether (sulfide) groups is 1. The molecule has 0 radical (unpaired) electrons. The lowest BCUT2D eigenvalue weighted by Gasteiger charge is -2.49. The molecule has 1 fully saturated rings. The van der Waals surface area contributed by atoms with Crippen molar-refractivity contribution >= 4 is 57.8 Å². The number of aliphatic carboxylic acids is 1. The lowest BCUT2D eigenvalue weighted by Crippen LogP contribution is -2.71. The van der Waals surface area contributed by atoms with Gasteiger partial charge in [0.15, 0.2) is 5.13 Å². The molecule has 3 atom stereocenters. The molecule has 1 aromatic rings. The number of hydrogen-bond donors (Lipinski definition) is 4. The molecule has 30 heavy (non-hydrogen) atoms. The van der Waals surface area contributed by atoms with Crippen molar-refractivity contribution in [3.05, 3.63) is 16.7 Å². The maximum atomic E-state index is 12.6. The van der Waals surface area contributed by atoms with Gasteiger partial charge in [-0.05, 0) is 0 Å². The van der Waals surface area contributed by atoms with Gasteiger partial charge in [-0.3, -0.25) is 19.3 Å². The second-order valence-electron chi connectivity index (χ2n) is 6.24. The number of nitrogens with two attached hydrogens (primary N) is 1. The quantitative estimate of drug-likeness (QED) is 0.223. The van der Waals surface area contributed by atoms with Crippen LogP contribution in [-0.4, -0.2) is 75.9 Å². The van der Waals surface area contributed by atoms with E-state index in [2.05, 4.69) is 15.6 Å². The molecule has 3 rings (SSSR count). The fourth-order valence-electron chi connectivity index (χ4n) is 3.00. The van der Waals surface area contributed by atoms with Gasteiger partial charge < -0.3 is 30.9 Å². The number of carboxylic acid groups (broad SMARTS) is 1. The molecule has 1 saturated heterocycles. The molecule has 0 aliphatic carbocycles. The molecule has 1 aromatic heterocycles. The number of fused-ring (bicyclic) bond motifs is 1. The number of nitrogen functional groups attached to an aromatic ring is 1. The van der Waals surface area contributed by atoms with Crippen molar-refractivity contribution in [2.24, 2.45) is 0 Å². The summed E-state index contributed by atoms with van der Waals surface area (Å²) >= 11 is 2.45. The Morgan fingerprint density at radius 2 is 2.20 bits per heavy atom. The van der Waals surface area contributed by atoms with Crippen molar-refractivity contribution < 1.29 is 33.8 Å². The number of esters is 1. The topological polar surface area (TPSA) is 173 Å². The minimum atomic E-state index is -1.36. The number of ether oxygens (including phenoxy) is 2. The highest BCUT2D eigenvalue weighted by molar-refractivity contribution is 8.00. The molecular weight excluding hydrogens is 438 g/mol. The van der Waals surface area contributed by atoms with Crippen LogP contribution in [0.2, 0.25) is 0 Å². The van der Waals surface area contributed by atoms with Crippen LogP contribution in [-0.2, 0) is 28.7 Å². The monoisotopic (exact) mass is 457 g/mol. The molecule has 0 saturated carbocycles. The van der Waals surface area contributed by atoms with E-state index in [9.17, 15) is 24.3 Å². The number of amides is 2. The van der Waals surface area contributed by atoms with Gasteiger partial charge in [-0.2, -0.15) is 0 Å². The number of nitrogens with one attached hydrogen (secondary N) is 2. The van der Waals surface area contributed by atoms with Crippen LogP contribution in [0, 0.1) is 0 Å². The summed E-state index contributed by atoms with van der Waals surface area (Å²) in [7, 11) is 1.26. The van der Waals surface area contributed by atoms with Crippen LogP contribution in [0.1, 0.15) is 6.92 Å². The highest BCUT2D eigenvalue weighted by Crippen LogP contribution is 2.41. The molecule has 5 N–H and O–H groups in total. The molecule has 12 nitrogen and oxygen atoms in total. The van der Waals surface area contributed by atoms with Crippen molar-refractivity contribution in [3.63, 3.8) is 0 Å². The minimum Gasteiger partial charge on any atom is -0.477 e. The largest absolute Gasteiger partial charge is 0.477 e. The molecule has 3 heterocycles. The van der Waals surface area contributed by atoms with Gasteiger partial charge in [0.05, 0.1) is 6.54 Å². The highest BCUT2D eigenvalue weighted by atomic mass is 32.2. The number of carboxylic acids is 1. The van der Waals surface area contributed by atoms with E-state index in [0.29, 0.717) is 10.9 Å². The Labute approximate surface area is 178 Å². The predicted octanol–water partition coefficient (Wildman–Crippen LogP) is -0.589. The summed E-state index contributed by atoms with van der Waals surface area (Å²) in [4.78, 5) is 52.9. The molecule has 1 unspecified atom stereocenters. The van der Waals surface area contributed by atoms with E-state index < -0.39 is 41.5 Å². The third-order valence-corrected chi connectivity index (χ3v) is 6.22. The van der Waals surface area contributed by atoms with Crippen LogP contribution in [0.5, 0.6) is 0 Å². The van der Waals surface area contributed by atoms with Gasteiger partial charge in [0.25, 0.3) is 5.91 Å². The second-order valence-corrected chi connectivity index (χ2v) is 8.23. The summed E-state index contributed by atoms with van der Waals surface area (Å²) in [5.74, 6) is -2.46. The summed E-state index contributed by atoms with van der Waals surface area (Å²) < 4.78 is 10.1. The number of thiazole rings is 1. The molecular formula is C16H19N5O7S2. The number of hydrogen-bond acceptors (Lipinski definition) is 11. The first kappa shape index (κ1) is 21.9. The van der Waals surface area contributed by atoms with E-state index in [1.165, 1.54) is 37.1 Å². The number of carbonyl (C=O) groups is 4. The van der Waals surface area contributed by atoms with Gasteiger partial charge in [-0.25, -0.2) is 9.78 Å².